The molecule has 3 aliphatic carbocycles. The monoisotopic (exact) mass is 689 g/mol. The van der Waals surface area contributed by atoms with Crippen molar-refractivity contribution < 1.29 is 0 Å². The van der Waals surface area contributed by atoms with Crippen molar-refractivity contribution in [1.29, 1.82) is 0 Å². The van der Waals surface area contributed by atoms with Crippen LogP contribution in [0.5, 0.6) is 0 Å². The highest BCUT2D eigenvalue weighted by Crippen LogP contribution is 2.83. The van der Waals surface area contributed by atoms with E-state index in [0.717, 1.165) is 30.1 Å². The molecule has 0 N–H and O–H groups in total. The van der Waals surface area contributed by atoms with E-state index >= 15 is 0 Å². The molecule has 0 atom stereocenters. The fraction of sp³-hybridized carbons (Fsp3) is 0.574. The molecule has 1 aliphatic heterocycles. The molecule has 0 amide bonds. The Morgan fingerprint density at radius 2 is 0.880 bits per heavy atom. The highest BCUT2D eigenvalue weighted by atomic mass is 31.2. The van der Waals surface area contributed by atoms with Gasteiger partial charge in [0, 0.05) is 24.5 Å². The van der Waals surface area contributed by atoms with Crippen LogP contribution in [0.1, 0.15) is 135 Å². The lowest BCUT2D eigenvalue weighted by Crippen LogP contribution is -2.47. The molecule has 0 spiro atoms. The molecule has 1 saturated heterocycles. The first-order chi connectivity index (χ1) is 24.3. The molecule has 0 aromatic heterocycles. The Morgan fingerprint density at radius 3 is 1.24 bits per heavy atom. The smallest absolute Gasteiger partial charge is 0.161 e. The second-order valence-electron chi connectivity index (χ2n) is 16.9. The summed E-state index contributed by atoms with van der Waals surface area (Å²) in [6, 6.07) is 21.5. The van der Waals surface area contributed by atoms with Gasteiger partial charge in [0.05, 0.1) is 24.2 Å². The molecule has 2 nitrogen and oxygen atoms in total. The first-order valence-electron chi connectivity index (χ1n) is 20.6. The summed E-state index contributed by atoms with van der Waals surface area (Å²) in [6.07, 6.45) is 24.8. The van der Waals surface area contributed by atoms with Gasteiger partial charge in [-0.05, 0) is 152 Å². The van der Waals surface area contributed by atoms with Crippen LogP contribution in [0.3, 0.4) is 0 Å². The summed E-state index contributed by atoms with van der Waals surface area (Å²) in [7, 11) is -1.66. The molecular weight excluding hydrogens is 624 g/mol. The van der Waals surface area contributed by atoms with Crippen molar-refractivity contribution in [3.8, 4) is 0 Å². The van der Waals surface area contributed by atoms with E-state index in [-0.39, 0.29) is 6.17 Å². The van der Waals surface area contributed by atoms with Crippen molar-refractivity contribution in [2.45, 2.75) is 161 Å². The molecule has 0 radical (unpaired) electrons. The first-order valence-corrected chi connectivity index (χ1v) is 22.6. The van der Waals surface area contributed by atoms with Crippen LogP contribution in [0.4, 0.5) is 11.4 Å². The van der Waals surface area contributed by atoms with Crippen molar-refractivity contribution in [3.63, 3.8) is 0 Å². The number of benzene rings is 3. The number of rotatable bonds is 8. The topological polar surface area (TPSA) is 6.48 Å². The average Bonchev–Trinajstić information content (AvgIpc) is 3.52. The summed E-state index contributed by atoms with van der Waals surface area (Å²) >= 11 is 0. The summed E-state index contributed by atoms with van der Waals surface area (Å²) in [6.45, 7) is 16.3. The minimum atomic E-state index is -1.66. The van der Waals surface area contributed by atoms with Crippen LogP contribution in [-0.4, -0.2) is 36.2 Å². The van der Waals surface area contributed by atoms with Crippen molar-refractivity contribution >= 4 is 24.7 Å². The molecule has 3 saturated carbocycles. The summed E-state index contributed by atoms with van der Waals surface area (Å²) in [5, 5.41) is 1.89. The Balaban J connectivity index is 1.55. The van der Waals surface area contributed by atoms with Crippen molar-refractivity contribution in [1.82, 2.24) is 0 Å². The lowest BCUT2D eigenvalue weighted by molar-refractivity contribution is 0.452. The molecule has 7 rings (SSSR count). The van der Waals surface area contributed by atoms with E-state index in [1.165, 1.54) is 147 Å². The van der Waals surface area contributed by atoms with Gasteiger partial charge in [0.15, 0.2) is 6.17 Å². The number of nitrogens with zero attached hydrogens (tertiary/aromatic N) is 2. The molecule has 4 aliphatic rings. The fourth-order valence-electron chi connectivity index (χ4n) is 11.8. The van der Waals surface area contributed by atoms with Gasteiger partial charge in [-0.3, -0.25) is 0 Å². The SMILES string of the molecule is Cc1cc(C)c(N2CCN(c3c(C)cc(C)cc3C)C2/C(=C/c2ccccc2)[P+](C2CCCCC2)(C2CCCCC2)C2CCCCC2)c(C)c1. The van der Waals surface area contributed by atoms with Gasteiger partial charge in [-0.1, -0.05) is 85.0 Å². The minimum absolute atomic E-state index is 0.245. The molecule has 3 aromatic rings. The van der Waals surface area contributed by atoms with Crippen molar-refractivity contribution in [2.24, 2.45) is 0 Å². The number of hydrogen-bond donors (Lipinski definition) is 0. The molecule has 0 bridgehead atoms. The van der Waals surface area contributed by atoms with E-state index in [1.807, 2.05) is 5.31 Å². The van der Waals surface area contributed by atoms with Crippen LogP contribution >= 0.6 is 7.26 Å². The van der Waals surface area contributed by atoms with Gasteiger partial charge in [0.2, 0.25) is 0 Å². The Hall–Kier alpha value is -2.57. The zero-order valence-corrected chi connectivity index (χ0v) is 33.3. The second kappa shape index (κ2) is 15.6. The molecule has 3 aromatic carbocycles. The van der Waals surface area contributed by atoms with Gasteiger partial charge < -0.3 is 9.80 Å². The highest BCUT2D eigenvalue weighted by Gasteiger charge is 2.63. The molecule has 268 valence electrons. The number of hydrogen-bond acceptors (Lipinski definition) is 2. The molecular formula is C47H66N2P+. The van der Waals surface area contributed by atoms with Crippen LogP contribution in [0.2, 0.25) is 0 Å². The first kappa shape index (κ1) is 35.8. The normalized spacial score (nSPS) is 21.0. The lowest BCUT2D eigenvalue weighted by atomic mass is 9.98. The van der Waals surface area contributed by atoms with E-state index in [2.05, 4.69) is 112 Å². The Labute approximate surface area is 306 Å². The zero-order valence-electron chi connectivity index (χ0n) is 32.4. The largest absolute Gasteiger partial charge is 0.342 e. The van der Waals surface area contributed by atoms with E-state index in [9.17, 15) is 0 Å². The predicted molar refractivity (Wildman–Crippen MR) is 222 cm³/mol. The van der Waals surface area contributed by atoms with Gasteiger partial charge in [-0.2, -0.15) is 0 Å². The number of aryl methyl sites for hydroxylation is 6. The van der Waals surface area contributed by atoms with E-state index in [4.69, 9.17) is 0 Å². The van der Waals surface area contributed by atoms with Crippen molar-refractivity contribution in [2.75, 3.05) is 22.9 Å². The fourth-order valence-corrected chi connectivity index (χ4v) is 19.6. The third-order valence-electron chi connectivity index (χ3n) is 13.4. The summed E-state index contributed by atoms with van der Waals surface area (Å²) in [4.78, 5) is 5.89. The van der Waals surface area contributed by atoms with Gasteiger partial charge in [0.25, 0.3) is 0 Å². The second-order valence-corrected chi connectivity index (χ2v) is 21.3. The maximum atomic E-state index is 2.95. The van der Waals surface area contributed by atoms with Crippen LogP contribution in [0, 0.1) is 41.5 Å². The van der Waals surface area contributed by atoms with Crippen LogP contribution in [0.25, 0.3) is 6.08 Å². The summed E-state index contributed by atoms with van der Waals surface area (Å²) in [5.74, 6) is 0. The minimum Gasteiger partial charge on any atom is -0.342 e. The molecule has 1 heterocycles. The molecule has 0 unspecified atom stereocenters. The maximum absolute atomic E-state index is 2.95. The zero-order chi connectivity index (χ0) is 34.8. The molecule has 50 heavy (non-hydrogen) atoms. The summed E-state index contributed by atoms with van der Waals surface area (Å²) < 4.78 is 0. The average molecular weight is 690 g/mol. The predicted octanol–water partition coefficient (Wildman–Crippen LogP) is 13.2. The van der Waals surface area contributed by atoms with Gasteiger partial charge in [-0.15, -0.1) is 0 Å². The van der Waals surface area contributed by atoms with E-state index in [0.29, 0.717) is 0 Å². The van der Waals surface area contributed by atoms with E-state index in [1.54, 1.807) is 0 Å². The lowest BCUT2D eigenvalue weighted by Gasteiger charge is -2.52. The standard InChI is InChI=1S/C47H66N2P/c1-34-29-36(3)45(37(4)30-34)48-27-28-49(46-38(5)31-35(2)32-39(46)6)47(48)44(33-40-19-11-7-12-20-40)50(41-21-13-8-14-22-41,42-23-15-9-16-24-42)43-25-17-10-18-26-43/h7,11-12,19-20,29-33,41-43,47H,8-10,13-18,21-28H2,1-6H3/q+1/b44-33-. The third kappa shape index (κ3) is 6.85. The Bertz CT molecular complexity index is 1480. The maximum Gasteiger partial charge on any atom is 0.161 e. The van der Waals surface area contributed by atoms with Gasteiger partial charge in [0.1, 0.15) is 5.31 Å². The number of anilines is 2. The Morgan fingerprint density at radius 1 is 0.520 bits per heavy atom. The quantitative estimate of drug-likeness (QED) is 0.217. The summed E-state index contributed by atoms with van der Waals surface area (Å²) in [5.41, 5.74) is 15.6. The van der Waals surface area contributed by atoms with Crippen LogP contribution in [-0.2, 0) is 0 Å². The molecule has 3 heteroatoms. The molecule has 4 fully saturated rings. The van der Waals surface area contributed by atoms with Crippen LogP contribution < -0.4 is 9.80 Å². The Kier molecular flexibility index (Phi) is 11.2. The van der Waals surface area contributed by atoms with Gasteiger partial charge in [-0.25, -0.2) is 0 Å². The van der Waals surface area contributed by atoms with Gasteiger partial charge >= 0.3 is 0 Å². The highest BCUT2D eigenvalue weighted by molar-refractivity contribution is 7.82. The van der Waals surface area contributed by atoms with Crippen LogP contribution in [0.15, 0.2) is 59.9 Å². The van der Waals surface area contributed by atoms with Crippen molar-refractivity contribution in [3.05, 3.63) is 98.9 Å². The third-order valence-corrected chi connectivity index (χ3v) is 19.8. The van der Waals surface area contributed by atoms with E-state index < -0.39 is 7.26 Å².